The third-order valence-electron chi connectivity index (χ3n) is 5.84. The largest absolute Gasteiger partial charge is 0.367 e. The number of likely N-dealkylation sites (tertiary alicyclic amines) is 1. The van der Waals surface area contributed by atoms with Crippen LogP contribution in [-0.2, 0) is 16.1 Å². The van der Waals surface area contributed by atoms with Gasteiger partial charge in [0.25, 0.3) is 5.91 Å². The smallest absolute Gasteiger partial charge is 0.254 e. The Labute approximate surface area is 180 Å². The molecule has 0 spiro atoms. The minimum absolute atomic E-state index is 0.0130. The van der Waals surface area contributed by atoms with E-state index < -0.39 is 0 Å². The van der Waals surface area contributed by atoms with Crippen LogP contribution >= 0.6 is 0 Å². The first kappa shape index (κ1) is 20.8. The first-order valence-corrected chi connectivity index (χ1v) is 10.6. The molecule has 1 aromatic carbocycles. The zero-order valence-electron chi connectivity index (χ0n) is 17.5. The average molecular weight is 425 g/mol. The fraction of sp³-hybridized carbons (Fsp3) is 0.476. The van der Waals surface area contributed by atoms with E-state index in [1.165, 1.54) is 11.0 Å². The lowest BCUT2D eigenvalue weighted by atomic mass is 9.97. The lowest BCUT2D eigenvalue weighted by Crippen LogP contribution is -2.51. The van der Waals surface area contributed by atoms with E-state index in [4.69, 9.17) is 5.73 Å². The van der Waals surface area contributed by atoms with E-state index in [1.54, 1.807) is 17.0 Å². The quantitative estimate of drug-likeness (QED) is 0.730. The normalized spacial score (nSPS) is 21.4. The summed E-state index contributed by atoms with van der Waals surface area (Å²) in [5.74, 6) is 0.0169. The molecule has 0 aliphatic carbocycles. The van der Waals surface area contributed by atoms with Crippen molar-refractivity contribution in [3.05, 3.63) is 36.2 Å². The summed E-state index contributed by atoms with van der Waals surface area (Å²) in [5.41, 5.74) is 6.82. The number of nitrogens with one attached hydrogen (secondary N) is 1. The molecule has 0 saturated carbocycles. The summed E-state index contributed by atoms with van der Waals surface area (Å²) in [4.78, 5) is 44.8. The molecule has 2 unspecified atom stereocenters. The van der Waals surface area contributed by atoms with Crippen molar-refractivity contribution in [1.29, 1.82) is 0 Å². The Morgan fingerprint density at radius 1 is 1.29 bits per heavy atom. The van der Waals surface area contributed by atoms with Crippen LogP contribution in [0.5, 0.6) is 0 Å². The molecule has 0 radical (unpaired) electrons. The highest BCUT2D eigenvalue weighted by atomic mass is 16.2. The zero-order chi connectivity index (χ0) is 22.0. The number of nitrogens with two attached hydrogens (primary N) is 1. The molecule has 3 amide bonds. The van der Waals surface area contributed by atoms with Gasteiger partial charge in [-0.05, 0) is 44.4 Å². The second-order valence-electron chi connectivity index (χ2n) is 8.14. The fourth-order valence-corrected chi connectivity index (χ4v) is 4.30. The molecule has 0 bridgehead atoms. The molecule has 2 aliphatic rings. The molecule has 2 aromatic rings. The van der Waals surface area contributed by atoms with Gasteiger partial charge < -0.3 is 20.9 Å². The van der Waals surface area contributed by atoms with Crippen LogP contribution in [0.15, 0.2) is 30.6 Å². The first-order valence-electron chi connectivity index (χ1n) is 10.6. The number of hydrogen-bond donors (Lipinski definition) is 2. The van der Waals surface area contributed by atoms with Crippen molar-refractivity contribution in [3.63, 3.8) is 0 Å². The second kappa shape index (κ2) is 8.75. The number of nitrogen functional groups attached to an aromatic ring is 1. The Hall–Kier alpha value is -3.43. The lowest BCUT2D eigenvalue weighted by molar-refractivity contribution is -0.123. The molecule has 10 heteroatoms. The van der Waals surface area contributed by atoms with Crippen molar-refractivity contribution in [2.45, 2.75) is 51.2 Å². The number of aromatic nitrogens is 3. The Morgan fingerprint density at radius 3 is 2.81 bits per heavy atom. The number of nitrogens with zero attached hydrogens (tertiary/aromatic N) is 5. The molecule has 2 atom stereocenters. The van der Waals surface area contributed by atoms with Crippen molar-refractivity contribution >= 4 is 29.4 Å². The number of carbonyl (C=O) groups excluding carboxylic acids is 3. The highest BCUT2D eigenvalue weighted by Crippen LogP contribution is 2.25. The van der Waals surface area contributed by atoms with Gasteiger partial charge in [-0.15, -0.1) is 5.10 Å². The minimum atomic E-state index is -0.162. The van der Waals surface area contributed by atoms with E-state index in [2.05, 4.69) is 15.4 Å². The highest BCUT2D eigenvalue weighted by Gasteiger charge is 2.31. The van der Waals surface area contributed by atoms with E-state index in [1.807, 2.05) is 24.0 Å². The lowest BCUT2D eigenvalue weighted by Gasteiger charge is -2.38. The second-order valence-corrected chi connectivity index (χ2v) is 8.14. The van der Waals surface area contributed by atoms with Crippen molar-refractivity contribution in [3.8, 4) is 0 Å². The van der Waals surface area contributed by atoms with Crippen LogP contribution in [0, 0.1) is 0 Å². The van der Waals surface area contributed by atoms with Gasteiger partial charge in [-0.1, -0.05) is 6.07 Å². The Morgan fingerprint density at radius 2 is 2.13 bits per heavy atom. The molecule has 10 nitrogen and oxygen atoms in total. The third-order valence-corrected chi connectivity index (χ3v) is 5.84. The maximum Gasteiger partial charge on any atom is 0.254 e. The molecular formula is C21H27N7O3. The molecule has 2 fully saturated rings. The van der Waals surface area contributed by atoms with E-state index in [9.17, 15) is 14.4 Å². The number of carbonyl (C=O) groups is 3. The number of piperidine rings is 1. The van der Waals surface area contributed by atoms with Crippen molar-refractivity contribution in [2.24, 2.45) is 0 Å². The molecular weight excluding hydrogens is 398 g/mol. The van der Waals surface area contributed by atoms with Crippen LogP contribution < -0.4 is 16.0 Å². The first-order chi connectivity index (χ1) is 14.9. The van der Waals surface area contributed by atoms with Crippen LogP contribution in [0.3, 0.4) is 0 Å². The molecule has 31 heavy (non-hydrogen) atoms. The standard InChI is InChI=1S/C21H27N7O3/c1-14-10-16(24-18(29)12-26-13-23-21(22)25-26)7-9-27(14)20(31)15-4-2-5-17(11-15)28-8-3-6-19(28)30/h2,4-5,11,13-14,16H,3,6-10,12H2,1H3,(H2,22,25)(H,24,29). The predicted molar refractivity (Wildman–Crippen MR) is 114 cm³/mol. The van der Waals surface area contributed by atoms with Gasteiger partial charge in [0.15, 0.2) is 0 Å². The van der Waals surface area contributed by atoms with Gasteiger partial charge in [0.05, 0.1) is 0 Å². The van der Waals surface area contributed by atoms with Crippen LogP contribution in [0.2, 0.25) is 0 Å². The molecule has 1 aromatic heterocycles. The fourth-order valence-electron chi connectivity index (χ4n) is 4.30. The van der Waals surface area contributed by atoms with E-state index in [-0.39, 0.29) is 42.3 Å². The van der Waals surface area contributed by atoms with Crippen molar-refractivity contribution in [1.82, 2.24) is 25.0 Å². The van der Waals surface area contributed by atoms with Gasteiger partial charge in [-0.3, -0.25) is 14.4 Å². The number of rotatable bonds is 5. The number of anilines is 2. The van der Waals surface area contributed by atoms with Gasteiger partial charge >= 0.3 is 0 Å². The summed E-state index contributed by atoms with van der Waals surface area (Å²) >= 11 is 0. The number of hydrogen-bond acceptors (Lipinski definition) is 6. The molecule has 4 rings (SSSR count). The Balaban J connectivity index is 1.35. The van der Waals surface area contributed by atoms with Gasteiger partial charge in [0.2, 0.25) is 17.8 Å². The zero-order valence-corrected chi connectivity index (χ0v) is 17.5. The monoisotopic (exact) mass is 425 g/mol. The minimum Gasteiger partial charge on any atom is -0.367 e. The van der Waals surface area contributed by atoms with Gasteiger partial charge in [-0.25, -0.2) is 9.67 Å². The van der Waals surface area contributed by atoms with Crippen molar-refractivity contribution in [2.75, 3.05) is 23.7 Å². The summed E-state index contributed by atoms with van der Waals surface area (Å²) in [6.45, 7) is 3.29. The van der Waals surface area contributed by atoms with Crippen molar-refractivity contribution < 1.29 is 14.4 Å². The molecule has 3 heterocycles. The Bertz CT molecular complexity index is 989. The maximum absolute atomic E-state index is 13.1. The maximum atomic E-state index is 13.1. The molecule has 164 valence electrons. The van der Waals surface area contributed by atoms with Gasteiger partial charge in [0.1, 0.15) is 12.9 Å². The topological polar surface area (TPSA) is 126 Å². The predicted octanol–water partition coefficient (Wildman–Crippen LogP) is 0.797. The summed E-state index contributed by atoms with van der Waals surface area (Å²) in [5, 5.41) is 6.92. The number of benzene rings is 1. The molecule has 2 aliphatic heterocycles. The SMILES string of the molecule is CC1CC(NC(=O)Cn2cnc(N)n2)CCN1C(=O)c1cccc(N2CCCC2=O)c1. The summed E-state index contributed by atoms with van der Waals surface area (Å²) in [6.07, 6.45) is 4.16. The summed E-state index contributed by atoms with van der Waals surface area (Å²) < 4.78 is 1.39. The summed E-state index contributed by atoms with van der Waals surface area (Å²) in [6, 6.07) is 7.25. The summed E-state index contributed by atoms with van der Waals surface area (Å²) in [7, 11) is 0. The van der Waals surface area contributed by atoms with E-state index in [0.717, 1.165) is 12.1 Å². The van der Waals surface area contributed by atoms with Gasteiger partial charge in [0, 0.05) is 42.8 Å². The van der Waals surface area contributed by atoms with Gasteiger partial charge in [-0.2, -0.15) is 0 Å². The highest BCUT2D eigenvalue weighted by molar-refractivity contribution is 5.99. The van der Waals surface area contributed by atoms with Crippen LogP contribution in [-0.4, -0.2) is 62.6 Å². The molecule has 3 N–H and O–H groups in total. The number of amides is 3. The van der Waals surface area contributed by atoms with E-state index in [0.29, 0.717) is 37.9 Å². The van der Waals surface area contributed by atoms with E-state index >= 15 is 0 Å². The van der Waals surface area contributed by atoms with Crippen LogP contribution in [0.1, 0.15) is 43.0 Å². The van der Waals surface area contributed by atoms with Crippen LogP contribution in [0.25, 0.3) is 0 Å². The third kappa shape index (κ3) is 4.68. The van der Waals surface area contributed by atoms with Crippen LogP contribution in [0.4, 0.5) is 11.6 Å². The molecule has 2 saturated heterocycles. The average Bonchev–Trinajstić information content (AvgIpc) is 3.35. The Kier molecular flexibility index (Phi) is 5.88.